The first-order valence-corrected chi connectivity index (χ1v) is 5.90. The van der Waals surface area contributed by atoms with Crippen molar-refractivity contribution in [2.45, 2.75) is 26.7 Å². The van der Waals surface area contributed by atoms with Crippen molar-refractivity contribution >= 4 is 32.9 Å². The summed E-state index contributed by atoms with van der Waals surface area (Å²) in [5, 5.41) is 0. The SMILES string of the molecule is CCCc1c(C)ssc1=S. The smallest absolute Gasteiger partial charge is 0.0837 e. The molecule has 0 N–H and O–H groups in total. The van der Waals surface area contributed by atoms with Crippen molar-refractivity contribution in [2.24, 2.45) is 0 Å². The van der Waals surface area contributed by atoms with Gasteiger partial charge >= 0.3 is 0 Å². The highest BCUT2D eigenvalue weighted by atomic mass is 32.9. The molecule has 0 unspecified atom stereocenters. The molecule has 56 valence electrons. The van der Waals surface area contributed by atoms with Gasteiger partial charge in [-0.3, -0.25) is 0 Å². The van der Waals surface area contributed by atoms with Crippen molar-refractivity contribution in [1.82, 2.24) is 0 Å². The Bertz CT molecular complexity index is 256. The van der Waals surface area contributed by atoms with Crippen LogP contribution < -0.4 is 0 Å². The second-order valence-corrected chi connectivity index (χ2v) is 5.26. The molecule has 0 atom stereocenters. The van der Waals surface area contributed by atoms with E-state index in [1.165, 1.54) is 16.9 Å². The first-order valence-electron chi connectivity index (χ1n) is 3.34. The topological polar surface area (TPSA) is 0 Å². The van der Waals surface area contributed by atoms with Gasteiger partial charge < -0.3 is 0 Å². The molecule has 10 heavy (non-hydrogen) atoms. The Hall–Kier alpha value is 0.270. The molecule has 0 fully saturated rings. The molecule has 0 saturated carbocycles. The molecule has 0 amide bonds. The number of hydrogen-bond donors (Lipinski definition) is 0. The van der Waals surface area contributed by atoms with Crippen LogP contribution in [0.2, 0.25) is 0 Å². The molecule has 1 rings (SSSR count). The third kappa shape index (κ3) is 1.65. The van der Waals surface area contributed by atoms with Crippen LogP contribution in [0.1, 0.15) is 23.8 Å². The Morgan fingerprint density at radius 1 is 1.40 bits per heavy atom. The van der Waals surface area contributed by atoms with Gasteiger partial charge in [0, 0.05) is 4.88 Å². The molecule has 0 aliphatic heterocycles. The summed E-state index contributed by atoms with van der Waals surface area (Å²) in [6, 6.07) is 0. The highest BCUT2D eigenvalue weighted by Crippen LogP contribution is 2.24. The van der Waals surface area contributed by atoms with Gasteiger partial charge in [0.15, 0.2) is 0 Å². The van der Waals surface area contributed by atoms with E-state index in [1.54, 1.807) is 10.3 Å². The van der Waals surface area contributed by atoms with Gasteiger partial charge in [0.25, 0.3) is 0 Å². The summed E-state index contributed by atoms with van der Waals surface area (Å²) in [4.78, 5) is 1.41. The summed E-state index contributed by atoms with van der Waals surface area (Å²) in [6.07, 6.45) is 2.36. The lowest BCUT2D eigenvalue weighted by Gasteiger charge is -1.92. The van der Waals surface area contributed by atoms with Crippen LogP contribution in [0, 0.1) is 10.7 Å². The van der Waals surface area contributed by atoms with Crippen molar-refractivity contribution in [3.63, 3.8) is 0 Å². The van der Waals surface area contributed by atoms with Gasteiger partial charge in [-0.15, -0.1) is 0 Å². The molecule has 1 heterocycles. The number of rotatable bonds is 2. The molecule has 0 aliphatic carbocycles. The Morgan fingerprint density at radius 3 is 2.50 bits per heavy atom. The van der Waals surface area contributed by atoms with Crippen LogP contribution in [-0.4, -0.2) is 0 Å². The zero-order valence-corrected chi connectivity index (χ0v) is 8.59. The van der Waals surface area contributed by atoms with Gasteiger partial charge in [-0.1, -0.05) is 46.2 Å². The minimum atomic E-state index is 1.10. The van der Waals surface area contributed by atoms with E-state index in [0.717, 1.165) is 10.2 Å². The molecular formula is C7H10S3. The van der Waals surface area contributed by atoms with E-state index in [1.807, 2.05) is 10.3 Å². The van der Waals surface area contributed by atoms with Crippen LogP contribution in [0.15, 0.2) is 0 Å². The molecule has 3 heteroatoms. The van der Waals surface area contributed by atoms with E-state index in [9.17, 15) is 0 Å². The summed E-state index contributed by atoms with van der Waals surface area (Å²) in [5.74, 6) is 0. The van der Waals surface area contributed by atoms with Gasteiger partial charge in [-0.2, -0.15) is 0 Å². The summed E-state index contributed by atoms with van der Waals surface area (Å²) in [7, 11) is 3.54. The monoisotopic (exact) mass is 190 g/mol. The summed E-state index contributed by atoms with van der Waals surface area (Å²) < 4.78 is 1.10. The molecule has 1 aromatic rings. The summed E-state index contributed by atoms with van der Waals surface area (Å²) in [5.41, 5.74) is 1.41. The molecule has 0 bridgehead atoms. The van der Waals surface area contributed by atoms with Gasteiger partial charge in [-0.05, 0) is 18.9 Å². The van der Waals surface area contributed by atoms with E-state index in [0.29, 0.717) is 0 Å². The van der Waals surface area contributed by atoms with Crippen molar-refractivity contribution in [3.8, 4) is 0 Å². The third-order valence-corrected chi connectivity index (χ3v) is 4.70. The quantitative estimate of drug-likeness (QED) is 0.505. The van der Waals surface area contributed by atoms with Crippen LogP contribution in [0.4, 0.5) is 0 Å². The fraction of sp³-hybridized carbons (Fsp3) is 0.571. The van der Waals surface area contributed by atoms with Gasteiger partial charge in [0.05, 0.1) is 0 Å². The lowest BCUT2D eigenvalue weighted by atomic mass is 10.2. The van der Waals surface area contributed by atoms with Crippen LogP contribution in [-0.2, 0) is 6.42 Å². The average molecular weight is 190 g/mol. The largest absolute Gasteiger partial charge is 0.105 e. The number of aryl methyl sites for hydroxylation is 1. The third-order valence-electron chi connectivity index (χ3n) is 1.41. The first-order chi connectivity index (χ1) is 4.75. The molecule has 0 saturated heterocycles. The minimum absolute atomic E-state index is 1.10. The van der Waals surface area contributed by atoms with Crippen LogP contribution in [0.5, 0.6) is 0 Å². The molecule has 0 radical (unpaired) electrons. The molecular weight excluding hydrogens is 180 g/mol. The maximum atomic E-state index is 5.17. The van der Waals surface area contributed by atoms with Crippen LogP contribution in [0.3, 0.4) is 0 Å². The van der Waals surface area contributed by atoms with E-state index < -0.39 is 0 Å². The van der Waals surface area contributed by atoms with E-state index >= 15 is 0 Å². The highest BCUT2D eigenvalue weighted by molar-refractivity contribution is 7.79. The Kier molecular flexibility index (Phi) is 3.01. The molecule has 0 aromatic carbocycles. The maximum Gasteiger partial charge on any atom is 0.105 e. The predicted molar refractivity (Wildman–Crippen MR) is 51.8 cm³/mol. The van der Waals surface area contributed by atoms with Gasteiger partial charge in [0.1, 0.15) is 3.82 Å². The highest BCUT2D eigenvalue weighted by Gasteiger charge is 2.01. The molecule has 0 spiro atoms. The van der Waals surface area contributed by atoms with Gasteiger partial charge in [0.2, 0.25) is 0 Å². The lowest BCUT2D eigenvalue weighted by Crippen LogP contribution is -1.81. The van der Waals surface area contributed by atoms with Crippen LogP contribution in [0.25, 0.3) is 0 Å². The standard InChI is InChI=1S/C7H10S3/c1-3-4-6-5(2)9-10-7(6)8/h3-4H2,1-2H3. The van der Waals surface area contributed by atoms with Crippen molar-refractivity contribution in [2.75, 3.05) is 0 Å². The average Bonchev–Trinajstić information content (AvgIpc) is 2.20. The van der Waals surface area contributed by atoms with Crippen molar-refractivity contribution < 1.29 is 0 Å². The summed E-state index contributed by atoms with van der Waals surface area (Å²) >= 11 is 5.17. The zero-order valence-electron chi connectivity index (χ0n) is 6.14. The fourth-order valence-corrected chi connectivity index (χ4v) is 3.63. The van der Waals surface area contributed by atoms with E-state index in [2.05, 4.69) is 13.8 Å². The Labute approximate surface area is 73.9 Å². The van der Waals surface area contributed by atoms with Crippen molar-refractivity contribution in [3.05, 3.63) is 14.3 Å². The second-order valence-electron chi connectivity index (χ2n) is 2.24. The Balaban J connectivity index is 2.99. The second kappa shape index (κ2) is 3.60. The predicted octanol–water partition coefficient (Wildman–Crippen LogP) is 3.80. The lowest BCUT2D eigenvalue weighted by molar-refractivity contribution is 0.919. The van der Waals surface area contributed by atoms with Crippen molar-refractivity contribution in [1.29, 1.82) is 0 Å². The Morgan fingerprint density at radius 2 is 2.10 bits per heavy atom. The normalized spacial score (nSPS) is 10.2. The summed E-state index contributed by atoms with van der Waals surface area (Å²) in [6.45, 7) is 4.35. The van der Waals surface area contributed by atoms with E-state index in [-0.39, 0.29) is 0 Å². The molecule has 0 aliphatic rings. The molecule has 0 nitrogen and oxygen atoms in total. The fourth-order valence-electron chi connectivity index (χ4n) is 0.873. The molecule has 1 aromatic heterocycles. The maximum absolute atomic E-state index is 5.17. The van der Waals surface area contributed by atoms with Crippen LogP contribution >= 0.6 is 32.9 Å². The minimum Gasteiger partial charge on any atom is -0.0837 e. The zero-order chi connectivity index (χ0) is 7.56. The van der Waals surface area contributed by atoms with Gasteiger partial charge in [-0.25, -0.2) is 0 Å². The number of hydrogen-bond acceptors (Lipinski definition) is 3. The van der Waals surface area contributed by atoms with E-state index in [4.69, 9.17) is 12.2 Å². The first kappa shape index (κ1) is 8.37.